The first kappa shape index (κ1) is 14.8. The molecule has 0 fully saturated rings. The summed E-state index contributed by atoms with van der Waals surface area (Å²) in [6.45, 7) is 6.05. The van der Waals surface area contributed by atoms with Crippen LogP contribution < -0.4 is 0 Å². The van der Waals surface area contributed by atoms with Crippen molar-refractivity contribution in [1.82, 2.24) is 4.57 Å². The van der Waals surface area contributed by atoms with E-state index in [9.17, 15) is 10.1 Å². The summed E-state index contributed by atoms with van der Waals surface area (Å²) in [6.07, 6.45) is 2.52. The molecule has 1 aromatic heterocycles. The Hall–Kier alpha value is -1.63. The van der Waals surface area contributed by atoms with Crippen LogP contribution in [0.15, 0.2) is 30.5 Å². The number of rotatable bonds is 3. The van der Waals surface area contributed by atoms with E-state index in [1.807, 2.05) is 19.9 Å². The minimum absolute atomic E-state index is 0.444. The van der Waals surface area contributed by atoms with Crippen LogP contribution in [0.3, 0.4) is 0 Å². The highest BCUT2D eigenvalue weighted by Crippen LogP contribution is 2.24. The van der Waals surface area contributed by atoms with Crippen LogP contribution in [-0.2, 0) is 0 Å². The van der Waals surface area contributed by atoms with Gasteiger partial charge < -0.3 is 4.57 Å². The molecule has 0 unspecified atom stereocenters. The van der Waals surface area contributed by atoms with Gasteiger partial charge in [-0.1, -0.05) is 6.07 Å². The van der Waals surface area contributed by atoms with Gasteiger partial charge in [0.1, 0.15) is 0 Å². The number of halogens is 1. The third-order valence-corrected chi connectivity index (χ3v) is 4.42. The van der Waals surface area contributed by atoms with Crippen LogP contribution in [-0.4, -0.2) is 9.49 Å². The van der Waals surface area contributed by atoms with Crippen LogP contribution in [0.5, 0.6) is 0 Å². The molecular formula is C15H15IN2O2. The maximum atomic E-state index is 10.4. The van der Waals surface area contributed by atoms with Crippen molar-refractivity contribution in [3.05, 3.63) is 66.7 Å². The third-order valence-electron chi connectivity index (χ3n) is 3.26. The molecule has 104 valence electrons. The van der Waals surface area contributed by atoms with Crippen molar-refractivity contribution in [2.24, 2.45) is 0 Å². The Balaban J connectivity index is 2.52. The standard InChI is InChI=1S/C15H15IN2O2/c1-10-4-5-14(9-15(10)16)18-11(2)8-13(12(18)3)6-7-17(19)20/h4-9H,1-3H3/b7-6-. The lowest BCUT2D eigenvalue weighted by molar-refractivity contribution is -0.400. The maximum absolute atomic E-state index is 10.4. The Kier molecular flexibility index (Phi) is 4.27. The number of hydrogen-bond acceptors (Lipinski definition) is 2. The summed E-state index contributed by atoms with van der Waals surface area (Å²) >= 11 is 2.32. The van der Waals surface area contributed by atoms with Crippen LogP contribution in [0, 0.1) is 34.5 Å². The highest BCUT2D eigenvalue weighted by molar-refractivity contribution is 14.1. The fraction of sp³-hybridized carbons (Fsp3) is 0.200. The van der Waals surface area contributed by atoms with Gasteiger partial charge in [-0.15, -0.1) is 0 Å². The molecule has 4 nitrogen and oxygen atoms in total. The van der Waals surface area contributed by atoms with E-state index < -0.39 is 4.92 Å². The zero-order valence-corrected chi connectivity index (χ0v) is 13.7. The molecule has 0 spiro atoms. The highest BCUT2D eigenvalue weighted by atomic mass is 127. The first-order chi connectivity index (χ1) is 9.40. The van der Waals surface area contributed by atoms with Crippen LogP contribution >= 0.6 is 22.6 Å². The van der Waals surface area contributed by atoms with Crippen LogP contribution in [0.4, 0.5) is 0 Å². The van der Waals surface area contributed by atoms with Crippen molar-refractivity contribution in [1.29, 1.82) is 0 Å². The van der Waals surface area contributed by atoms with Crippen LogP contribution in [0.2, 0.25) is 0 Å². The minimum Gasteiger partial charge on any atom is -0.318 e. The topological polar surface area (TPSA) is 48.1 Å². The van der Waals surface area contributed by atoms with E-state index in [0.717, 1.165) is 28.8 Å². The van der Waals surface area contributed by atoms with Crippen LogP contribution in [0.25, 0.3) is 11.8 Å². The lowest BCUT2D eigenvalue weighted by Crippen LogP contribution is -2.00. The van der Waals surface area contributed by atoms with Crippen molar-refractivity contribution in [3.63, 3.8) is 0 Å². The van der Waals surface area contributed by atoms with Crippen molar-refractivity contribution < 1.29 is 4.92 Å². The van der Waals surface area contributed by atoms with Crippen molar-refractivity contribution >= 4 is 28.7 Å². The lowest BCUT2D eigenvalue weighted by atomic mass is 10.2. The predicted molar refractivity (Wildman–Crippen MR) is 88.7 cm³/mol. The second-order valence-electron chi connectivity index (χ2n) is 4.70. The molecule has 0 saturated carbocycles. The molecular weight excluding hydrogens is 367 g/mol. The number of hydrogen-bond donors (Lipinski definition) is 0. The Morgan fingerprint density at radius 3 is 2.55 bits per heavy atom. The van der Waals surface area contributed by atoms with Gasteiger partial charge in [0.05, 0.1) is 4.92 Å². The van der Waals surface area contributed by atoms with Gasteiger partial charge >= 0.3 is 0 Å². The largest absolute Gasteiger partial charge is 0.318 e. The van der Waals surface area contributed by atoms with Gasteiger partial charge in [0.25, 0.3) is 0 Å². The molecule has 5 heteroatoms. The number of nitro groups is 1. The maximum Gasteiger partial charge on any atom is 0.235 e. The zero-order chi connectivity index (χ0) is 14.9. The van der Waals surface area contributed by atoms with E-state index in [-0.39, 0.29) is 0 Å². The van der Waals surface area contributed by atoms with Gasteiger partial charge in [-0.3, -0.25) is 10.1 Å². The van der Waals surface area contributed by atoms with E-state index in [1.165, 1.54) is 15.2 Å². The average Bonchev–Trinajstić information content (AvgIpc) is 2.65. The molecule has 0 aliphatic carbocycles. The molecule has 0 aliphatic heterocycles. The Labute approximate surface area is 131 Å². The average molecular weight is 382 g/mol. The summed E-state index contributed by atoms with van der Waals surface area (Å²) in [4.78, 5) is 10.00. The quantitative estimate of drug-likeness (QED) is 0.453. The van der Waals surface area contributed by atoms with E-state index in [2.05, 4.69) is 52.3 Å². The summed E-state index contributed by atoms with van der Waals surface area (Å²) < 4.78 is 3.32. The number of benzene rings is 1. The second-order valence-corrected chi connectivity index (χ2v) is 5.86. The number of nitrogens with zero attached hydrogens (tertiary/aromatic N) is 2. The summed E-state index contributed by atoms with van der Waals surface area (Å²) in [5.41, 5.74) is 5.25. The minimum atomic E-state index is -0.444. The fourth-order valence-electron chi connectivity index (χ4n) is 2.22. The van der Waals surface area contributed by atoms with E-state index >= 15 is 0 Å². The molecule has 0 aliphatic rings. The van der Waals surface area contributed by atoms with Gasteiger partial charge in [-0.05, 0) is 67.1 Å². The molecule has 2 rings (SSSR count). The summed E-state index contributed by atoms with van der Waals surface area (Å²) in [5, 5.41) is 10.4. The van der Waals surface area contributed by atoms with Gasteiger partial charge in [0.2, 0.25) is 6.20 Å². The number of aromatic nitrogens is 1. The molecule has 0 radical (unpaired) electrons. The highest BCUT2D eigenvalue weighted by Gasteiger charge is 2.10. The number of aryl methyl sites for hydroxylation is 2. The van der Waals surface area contributed by atoms with E-state index in [4.69, 9.17) is 0 Å². The van der Waals surface area contributed by atoms with Crippen molar-refractivity contribution in [3.8, 4) is 5.69 Å². The van der Waals surface area contributed by atoms with Crippen molar-refractivity contribution in [2.75, 3.05) is 0 Å². The Bertz CT molecular complexity index is 702. The molecule has 20 heavy (non-hydrogen) atoms. The molecule has 0 bridgehead atoms. The van der Waals surface area contributed by atoms with Crippen LogP contribution in [0.1, 0.15) is 22.5 Å². The molecule has 1 aromatic carbocycles. The van der Waals surface area contributed by atoms with Gasteiger partial charge in [0, 0.05) is 32.3 Å². The van der Waals surface area contributed by atoms with E-state index in [0.29, 0.717) is 0 Å². The molecule has 0 atom stereocenters. The Morgan fingerprint density at radius 2 is 1.95 bits per heavy atom. The monoisotopic (exact) mass is 382 g/mol. The molecule has 0 amide bonds. The lowest BCUT2D eigenvalue weighted by Gasteiger charge is -2.11. The molecule has 1 heterocycles. The van der Waals surface area contributed by atoms with Gasteiger partial charge in [-0.2, -0.15) is 0 Å². The van der Waals surface area contributed by atoms with Gasteiger partial charge in [-0.25, -0.2) is 0 Å². The first-order valence-electron chi connectivity index (χ1n) is 6.17. The van der Waals surface area contributed by atoms with Gasteiger partial charge in [0.15, 0.2) is 0 Å². The summed E-state index contributed by atoms with van der Waals surface area (Å²) in [6, 6.07) is 8.24. The smallest absolute Gasteiger partial charge is 0.235 e. The fourth-order valence-corrected chi connectivity index (χ4v) is 2.71. The predicted octanol–water partition coefficient (Wildman–Crippen LogP) is 4.25. The van der Waals surface area contributed by atoms with Crippen molar-refractivity contribution in [2.45, 2.75) is 20.8 Å². The summed E-state index contributed by atoms with van der Waals surface area (Å²) in [5.74, 6) is 0. The summed E-state index contributed by atoms with van der Waals surface area (Å²) in [7, 11) is 0. The second kappa shape index (κ2) is 5.78. The normalized spacial score (nSPS) is 11.2. The zero-order valence-electron chi connectivity index (χ0n) is 11.6. The molecule has 0 saturated heterocycles. The third kappa shape index (κ3) is 2.92. The molecule has 2 aromatic rings. The molecule has 0 N–H and O–H groups in total. The SMILES string of the molecule is Cc1ccc(-n2c(C)cc(/C=C\[N+](=O)[O-])c2C)cc1I. The van der Waals surface area contributed by atoms with E-state index in [1.54, 1.807) is 0 Å². The Morgan fingerprint density at radius 1 is 1.25 bits per heavy atom. The first-order valence-corrected chi connectivity index (χ1v) is 7.25.